The number of aromatic hydroxyl groups is 1. The fourth-order valence-electron chi connectivity index (χ4n) is 2.78. The molecule has 1 unspecified atom stereocenters. The minimum atomic E-state index is 0.349. The zero-order valence-electron chi connectivity index (χ0n) is 12.8. The second-order valence-electron chi connectivity index (χ2n) is 6.26. The first-order valence-electron chi connectivity index (χ1n) is 7.83. The summed E-state index contributed by atoms with van der Waals surface area (Å²) in [7, 11) is 2.21. The van der Waals surface area contributed by atoms with E-state index in [0.717, 1.165) is 25.3 Å². The van der Waals surface area contributed by atoms with Gasteiger partial charge in [0.25, 0.3) is 0 Å². The Morgan fingerprint density at radius 1 is 1.25 bits per heavy atom. The van der Waals surface area contributed by atoms with Gasteiger partial charge in [-0.3, -0.25) is 0 Å². The quantitative estimate of drug-likeness (QED) is 0.838. The van der Waals surface area contributed by atoms with Crippen LogP contribution in [0.4, 0.5) is 0 Å². The van der Waals surface area contributed by atoms with Gasteiger partial charge in [0, 0.05) is 6.04 Å². The smallest absolute Gasteiger partial charge is 0.115 e. The number of aryl methyl sites for hydroxylation is 1. The third-order valence-corrected chi connectivity index (χ3v) is 4.40. The van der Waals surface area contributed by atoms with Crippen molar-refractivity contribution in [3.05, 3.63) is 29.8 Å². The number of nitrogens with one attached hydrogen (secondary N) is 1. The molecule has 1 heterocycles. The zero-order chi connectivity index (χ0) is 14.4. The molecular formula is C17H28N2O. The molecule has 3 heteroatoms. The van der Waals surface area contributed by atoms with Crippen LogP contribution in [0.1, 0.15) is 31.7 Å². The minimum absolute atomic E-state index is 0.349. The maximum Gasteiger partial charge on any atom is 0.115 e. The van der Waals surface area contributed by atoms with Gasteiger partial charge < -0.3 is 15.3 Å². The maximum absolute atomic E-state index is 9.27. The number of piperidine rings is 1. The van der Waals surface area contributed by atoms with Crippen LogP contribution in [0, 0.1) is 5.92 Å². The molecule has 2 rings (SSSR count). The van der Waals surface area contributed by atoms with Crippen molar-refractivity contribution in [1.82, 2.24) is 10.2 Å². The Balaban J connectivity index is 1.62. The van der Waals surface area contributed by atoms with E-state index in [1.165, 1.54) is 31.5 Å². The van der Waals surface area contributed by atoms with Gasteiger partial charge in [0.15, 0.2) is 0 Å². The van der Waals surface area contributed by atoms with Crippen molar-refractivity contribution in [2.75, 3.05) is 26.7 Å². The highest BCUT2D eigenvalue weighted by Crippen LogP contribution is 2.16. The molecule has 0 saturated carbocycles. The largest absolute Gasteiger partial charge is 0.508 e. The third-order valence-electron chi connectivity index (χ3n) is 4.40. The zero-order valence-corrected chi connectivity index (χ0v) is 12.8. The number of rotatable bonds is 6. The summed E-state index contributed by atoms with van der Waals surface area (Å²) >= 11 is 0. The molecular weight excluding hydrogens is 248 g/mol. The molecule has 2 N–H and O–H groups in total. The number of nitrogens with zero attached hydrogens (tertiary/aromatic N) is 1. The van der Waals surface area contributed by atoms with Gasteiger partial charge >= 0.3 is 0 Å². The van der Waals surface area contributed by atoms with Crippen molar-refractivity contribution in [3.63, 3.8) is 0 Å². The van der Waals surface area contributed by atoms with Crippen LogP contribution in [0.5, 0.6) is 5.75 Å². The van der Waals surface area contributed by atoms with E-state index in [1.807, 2.05) is 12.1 Å². The summed E-state index contributed by atoms with van der Waals surface area (Å²) < 4.78 is 0. The van der Waals surface area contributed by atoms with Crippen LogP contribution >= 0.6 is 0 Å². The topological polar surface area (TPSA) is 35.5 Å². The number of likely N-dealkylation sites (tertiary alicyclic amines) is 1. The fraction of sp³-hybridized carbons (Fsp3) is 0.647. The normalized spacial score (nSPS) is 19.1. The first kappa shape index (κ1) is 15.3. The Bertz CT molecular complexity index is 382. The Morgan fingerprint density at radius 2 is 1.90 bits per heavy atom. The van der Waals surface area contributed by atoms with Crippen LogP contribution in [0.15, 0.2) is 24.3 Å². The van der Waals surface area contributed by atoms with Crippen molar-refractivity contribution >= 4 is 0 Å². The lowest BCUT2D eigenvalue weighted by Crippen LogP contribution is -2.37. The van der Waals surface area contributed by atoms with Crippen LogP contribution in [0.2, 0.25) is 0 Å². The molecule has 112 valence electrons. The van der Waals surface area contributed by atoms with E-state index in [2.05, 4.69) is 24.2 Å². The van der Waals surface area contributed by atoms with Gasteiger partial charge in [-0.05, 0) is 82.9 Å². The molecule has 1 aliphatic rings. The van der Waals surface area contributed by atoms with Crippen molar-refractivity contribution in [2.45, 2.75) is 38.6 Å². The van der Waals surface area contributed by atoms with Crippen molar-refractivity contribution in [2.24, 2.45) is 5.92 Å². The molecule has 1 saturated heterocycles. The molecule has 1 aromatic rings. The lowest BCUT2D eigenvalue weighted by atomic mass is 9.96. The lowest BCUT2D eigenvalue weighted by molar-refractivity contribution is 0.212. The Morgan fingerprint density at radius 3 is 2.55 bits per heavy atom. The third kappa shape index (κ3) is 5.14. The molecule has 0 amide bonds. The molecule has 20 heavy (non-hydrogen) atoms. The Labute approximate surface area is 123 Å². The summed E-state index contributed by atoms with van der Waals surface area (Å²) in [5.74, 6) is 1.20. The van der Waals surface area contributed by atoms with E-state index in [1.54, 1.807) is 12.1 Å². The fourth-order valence-corrected chi connectivity index (χ4v) is 2.78. The first-order chi connectivity index (χ1) is 9.63. The summed E-state index contributed by atoms with van der Waals surface area (Å²) in [4.78, 5) is 2.42. The molecule has 0 spiro atoms. The van der Waals surface area contributed by atoms with Crippen LogP contribution < -0.4 is 5.32 Å². The van der Waals surface area contributed by atoms with Crippen molar-refractivity contribution in [1.29, 1.82) is 0 Å². The van der Waals surface area contributed by atoms with E-state index in [0.29, 0.717) is 11.8 Å². The second kappa shape index (κ2) is 7.65. The van der Waals surface area contributed by atoms with Crippen LogP contribution in [-0.2, 0) is 6.42 Å². The standard InChI is InChI=1S/C17H28N2O/c1-14(3-4-15-5-7-17(20)8-6-15)18-13-16-9-11-19(2)12-10-16/h5-8,14,16,18,20H,3-4,9-13H2,1-2H3. The highest BCUT2D eigenvalue weighted by molar-refractivity contribution is 5.25. The van der Waals surface area contributed by atoms with Crippen molar-refractivity contribution < 1.29 is 5.11 Å². The van der Waals surface area contributed by atoms with Crippen molar-refractivity contribution in [3.8, 4) is 5.75 Å². The lowest BCUT2D eigenvalue weighted by Gasteiger charge is -2.30. The maximum atomic E-state index is 9.27. The molecule has 3 nitrogen and oxygen atoms in total. The molecule has 0 radical (unpaired) electrons. The van der Waals surface area contributed by atoms with E-state index in [9.17, 15) is 5.11 Å². The van der Waals surface area contributed by atoms with Gasteiger partial charge in [-0.15, -0.1) is 0 Å². The minimum Gasteiger partial charge on any atom is -0.508 e. The number of phenols is 1. The molecule has 1 fully saturated rings. The SMILES string of the molecule is CC(CCc1ccc(O)cc1)NCC1CCN(C)CC1. The monoisotopic (exact) mass is 276 g/mol. The molecule has 0 aromatic heterocycles. The second-order valence-corrected chi connectivity index (χ2v) is 6.26. The van der Waals surface area contributed by atoms with Gasteiger partial charge in [-0.25, -0.2) is 0 Å². The van der Waals surface area contributed by atoms with Gasteiger partial charge in [0.1, 0.15) is 5.75 Å². The van der Waals surface area contributed by atoms with Gasteiger partial charge in [0.05, 0.1) is 0 Å². The summed E-state index contributed by atoms with van der Waals surface area (Å²) in [6.07, 6.45) is 4.88. The molecule has 1 aliphatic heterocycles. The predicted molar refractivity (Wildman–Crippen MR) is 84.1 cm³/mol. The number of hydrogen-bond acceptors (Lipinski definition) is 3. The molecule has 1 aromatic carbocycles. The number of phenolic OH excluding ortho intramolecular Hbond substituents is 1. The summed E-state index contributed by atoms with van der Waals surface area (Å²) in [6.45, 7) is 5.92. The average Bonchev–Trinajstić information content (AvgIpc) is 2.46. The predicted octanol–water partition coefficient (Wildman–Crippen LogP) is 2.64. The van der Waals surface area contributed by atoms with E-state index in [-0.39, 0.29) is 0 Å². The Hall–Kier alpha value is -1.06. The van der Waals surface area contributed by atoms with Gasteiger partial charge in [0.2, 0.25) is 0 Å². The number of benzene rings is 1. The van der Waals surface area contributed by atoms with Gasteiger partial charge in [-0.1, -0.05) is 12.1 Å². The van der Waals surface area contributed by atoms with Crippen LogP contribution in [0.3, 0.4) is 0 Å². The molecule has 0 aliphatic carbocycles. The van der Waals surface area contributed by atoms with E-state index >= 15 is 0 Å². The van der Waals surface area contributed by atoms with Crippen LogP contribution in [-0.4, -0.2) is 42.7 Å². The van der Waals surface area contributed by atoms with E-state index < -0.39 is 0 Å². The average molecular weight is 276 g/mol. The summed E-state index contributed by atoms with van der Waals surface area (Å²) in [6, 6.07) is 8.12. The van der Waals surface area contributed by atoms with Gasteiger partial charge in [-0.2, -0.15) is 0 Å². The number of hydrogen-bond donors (Lipinski definition) is 2. The highest BCUT2D eigenvalue weighted by atomic mass is 16.3. The molecule has 1 atom stereocenters. The highest BCUT2D eigenvalue weighted by Gasteiger charge is 2.16. The van der Waals surface area contributed by atoms with Crippen LogP contribution in [0.25, 0.3) is 0 Å². The van der Waals surface area contributed by atoms with E-state index in [4.69, 9.17) is 0 Å². The summed E-state index contributed by atoms with van der Waals surface area (Å²) in [5.41, 5.74) is 1.30. The molecule has 0 bridgehead atoms. The first-order valence-corrected chi connectivity index (χ1v) is 7.83. The Kier molecular flexibility index (Phi) is 5.86. The summed E-state index contributed by atoms with van der Waals surface area (Å²) in [5, 5.41) is 12.9.